The van der Waals surface area contributed by atoms with Gasteiger partial charge in [-0.1, -0.05) is 0 Å². The predicted octanol–water partition coefficient (Wildman–Crippen LogP) is 0.923. The van der Waals surface area contributed by atoms with E-state index in [0.717, 1.165) is 6.42 Å². The van der Waals surface area contributed by atoms with Crippen molar-refractivity contribution in [2.24, 2.45) is 0 Å². The summed E-state index contributed by atoms with van der Waals surface area (Å²) in [6.07, 6.45) is 5.37. The van der Waals surface area contributed by atoms with Crippen molar-refractivity contribution in [1.29, 1.82) is 0 Å². The summed E-state index contributed by atoms with van der Waals surface area (Å²) < 4.78 is 2.08. The molecule has 0 fully saturated rings. The summed E-state index contributed by atoms with van der Waals surface area (Å²) in [7, 11) is 0. The third-order valence-corrected chi connectivity index (χ3v) is 0.949. The van der Waals surface area contributed by atoms with E-state index >= 15 is 0 Å². The molecule has 0 spiro atoms. The molecule has 0 nitrogen and oxygen atoms in total. The molecule has 0 aromatic carbocycles. The molecule has 0 aliphatic rings. The SMILES string of the molecule is CCC=C[CH]=[Sb]. The number of hydrogen-bond acceptors (Lipinski definition) is 0. The zero-order chi connectivity index (χ0) is 4.83. The van der Waals surface area contributed by atoms with Crippen LogP contribution in [0.3, 0.4) is 0 Å². The average Bonchev–Trinajstić information content (AvgIpc) is 1.61. The van der Waals surface area contributed by atoms with Crippen LogP contribution in [0.25, 0.3) is 0 Å². The summed E-state index contributed by atoms with van der Waals surface area (Å²) in [5, 5.41) is 0. The Bertz CT molecular complexity index is 55.0. The summed E-state index contributed by atoms with van der Waals surface area (Å²) in [5.74, 6) is 0. The quantitative estimate of drug-likeness (QED) is 0.568. The van der Waals surface area contributed by atoms with Crippen LogP contribution in [0.5, 0.6) is 0 Å². The minimum atomic E-state index is 1.15. The fraction of sp³-hybridized carbons (Fsp3) is 0.400. The zero-order valence-electron chi connectivity index (χ0n) is 3.89. The van der Waals surface area contributed by atoms with Crippen molar-refractivity contribution in [3.05, 3.63) is 12.2 Å². The molecule has 0 amide bonds. The molecule has 0 atom stereocenters. The number of hydrogen-bond donors (Lipinski definition) is 0. The molecule has 0 saturated carbocycles. The van der Waals surface area contributed by atoms with E-state index in [9.17, 15) is 0 Å². The molecule has 0 heterocycles. The number of rotatable bonds is 2. The van der Waals surface area contributed by atoms with Crippen molar-refractivity contribution >= 4 is 26.5 Å². The van der Waals surface area contributed by atoms with Crippen molar-refractivity contribution in [2.75, 3.05) is 0 Å². The third-order valence-electron chi connectivity index (χ3n) is 0.458. The fourth-order valence-electron chi connectivity index (χ4n) is 0.197. The van der Waals surface area contributed by atoms with Crippen LogP contribution in [-0.2, 0) is 0 Å². The van der Waals surface area contributed by atoms with Gasteiger partial charge in [0.2, 0.25) is 0 Å². The Hall–Kier alpha value is 0.428. The van der Waals surface area contributed by atoms with Gasteiger partial charge < -0.3 is 0 Å². The van der Waals surface area contributed by atoms with E-state index in [1.165, 1.54) is 0 Å². The van der Waals surface area contributed by atoms with Crippen molar-refractivity contribution in [3.8, 4) is 0 Å². The van der Waals surface area contributed by atoms with Gasteiger partial charge in [0, 0.05) is 0 Å². The molecule has 1 radical (unpaired) electrons. The van der Waals surface area contributed by atoms with Crippen molar-refractivity contribution < 1.29 is 0 Å². The van der Waals surface area contributed by atoms with Gasteiger partial charge in [-0.25, -0.2) is 0 Å². The van der Waals surface area contributed by atoms with Gasteiger partial charge in [-0.05, 0) is 0 Å². The van der Waals surface area contributed by atoms with Crippen LogP contribution in [0, 0.1) is 0 Å². The van der Waals surface area contributed by atoms with E-state index in [-0.39, 0.29) is 0 Å². The van der Waals surface area contributed by atoms with Crippen LogP contribution < -0.4 is 0 Å². The van der Waals surface area contributed by atoms with Gasteiger partial charge in [-0.3, -0.25) is 0 Å². The molecule has 0 aliphatic heterocycles. The summed E-state index contributed by atoms with van der Waals surface area (Å²) >= 11 is 1.72. The molecule has 0 rings (SSSR count). The third kappa shape index (κ3) is 4.43. The van der Waals surface area contributed by atoms with Crippen LogP contribution in [0.15, 0.2) is 12.2 Å². The Morgan fingerprint density at radius 2 is 2.33 bits per heavy atom. The van der Waals surface area contributed by atoms with Gasteiger partial charge >= 0.3 is 52.0 Å². The predicted molar refractivity (Wildman–Crippen MR) is 31.2 cm³/mol. The van der Waals surface area contributed by atoms with E-state index in [2.05, 4.69) is 23.0 Å². The summed E-state index contributed by atoms with van der Waals surface area (Å²) in [4.78, 5) is 0. The molecule has 0 aliphatic carbocycles. The van der Waals surface area contributed by atoms with Crippen LogP contribution in [-0.4, -0.2) is 26.5 Å². The van der Waals surface area contributed by atoms with Crippen LogP contribution >= 0.6 is 0 Å². The van der Waals surface area contributed by atoms with E-state index in [0.29, 0.717) is 0 Å². The van der Waals surface area contributed by atoms with E-state index < -0.39 is 0 Å². The maximum absolute atomic E-state index is 2.14. The Balaban J connectivity index is 2.94. The Morgan fingerprint density at radius 3 is 2.50 bits per heavy atom. The number of allylic oxidation sites excluding steroid dienone is 2. The first-order valence-corrected chi connectivity index (χ1v) is 3.51. The second kappa shape index (κ2) is 5.43. The van der Waals surface area contributed by atoms with E-state index in [4.69, 9.17) is 0 Å². The molecule has 0 saturated heterocycles. The molecule has 0 unspecified atom stereocenters. The standard InChI is InChI=1S/C5H8.Sb/c1-3-5-4-2;/h1,3,5H,4H2,2H3;. The zero-order valence-corrected chi connectivity index (χ0v) is 6.44. The molecule has 0 bridgehead atoms. The maximum atomic E-state index is 2.14. The van der Waals surface area contributed by atoms with Gasteiger partial charge in [-0.2, -0.15) is 0 Å². The second-order valence-corrected chi connectivity index (χ2v) is 1.84. The average molecular weight is 190 g/mol. The monoisotopic (exact) mass is 189 g/mol. The van der Waals surface area contributed by atoms with E-state index in [1.54, 1.807) is 22.5 Å². The first-order chi connectivity index (χ1) is 2.91. The Labute approximate surface area is 52.2 Å². The van der Waals surface area contributed by atoms with Crippen molar-refractivity contribution in [3.63, 3.8) is 0 Å². The van der Waals surface area contributed by atoms with Crippen LogP contribution in [0.4, 0.5) is 0 Å². The minimum absolute atomic E-state index is 1.15. The molecule has 1 heteroatoms. The summed E-state index contributed by atoms with van der Waals surface area (Å²) in [6.45, 7) is 2.13. The second-order valence-electron chi connectivity index (χ2n) is 0.985. The van der Waals surface area contributed by atoms with Gasteiger partial charge in [0.15, 0.2) is 0 Å². The normalized spacial score (nSPS) is 9.50. The van der Waals surface area contributed by atoms with Crippen LogP contribution in [0.2, 0.25) is 0 Å². The molecular weight excluding hydrogens is 182 g/mol. The van der Waals surface area contributed by atoms with Crippen LogP contribution in [0.1, 0.15) is 13.3 Å². The van der Waals surface area contributed by atoms with Gasteiger partial charge in [0.05, 0.1) is 0 Å². The summed E-state index contributed by atoms with van der Waals surface area (Å²) in [5.41, 5.74) is 0. The summed E-state index contributed by atoms with van der Waals surface area (Å²) in [6, 6.07) is 0. The fourth-order valence-corrected chi connectivity index (χ4v) is 0.544. The Kier molecular flexibility index (Phi) is 5.82. The van der Waals surface area contributed by atoms with Crippen molar-refractivity contribution in [1.82, 2.24) is 0 Å². The molecule has 6 heavy (non-hydrogen) atoms. The van der Waals surface area contributed by atoms with Crippen molar-refractivity contribution in [2.45, 2.75) is 13.3 Å². The molecule has 33 valence electrons. The first-order valence-electron chi connectivity index (χ1n) is 2.04. The van der Waals surface area contributed by atoms with Gasteiger partial charge in [0.1, 0.15) is 0 Å². The van der Waals surface area contributed by atoms with Gasteiger partial charge in [0.25, 0.3) is 0 Å². The topological polar surface area (TPSA) is 0 Å². The Morgan fingerprint density at radius 1 is 1.67 bits per heavy atom. The molecule has 0 N–H and O–H groups in total. The molecule has 0 aromatic heterocycles. The van der Waals surface area contributed by atoms with E-state index in [1.807, 2.05) is 0 Å². The molecule has 0 aromatic rings. The molecular formula is C5H8Sb. The first kappa shape index (κ1) is 6.43. The van der Waals surface area contributed by atoms with Gasteiger partial charge in [-0.15, -0.1) is 0 Å².